The molecule has 4 nitrogen and oxygen atoms in total. The molecule has 0 heterocycles. The number of unbranched alkanes of at least 4 members (excludes halogenated alkanes) is 22. The number of hydrogen-bond donors (Lipinski definition) is 1. The number of aliphatic hydroxyl groups excluding tert-OH is 1. The summed E-state index contributed by atoms with van der Waals surface area (Å²) in [5, 5.41) is 9.19. The molecule has 1 atom stereocenters. The van der Waals surface area contributed by atoms with E-state index in [9.17, 15) is 0 Å². The van der Waals surface area contributed by atoms with Crippen LogP contribution in [-0.2, 0) is 9.57 Å². The molecular formula is C43H91NO3. The van der Waals surface area contributed by atoms with E-state index in [0.29, 0.717) is 18.1 Å². The van der Waals surface area contributed by atoms with E-state index in [-0.39, 0.29) is 5.60 Å². The Kier molecular flexibility index (Phi) is 38.6. The molecule has 0 fully saturated rings. The molecule has 4 heteroatoms. The first-order valence-corrected chi connectivity index (χ1v) is 21.2. The Morgan fingerprint density at radius 1 is 0.511 bits per heavy atom. The lowest BCUT2D eigenvalue weighted by atomic mass is 9.99. The van der Waals surface area contributed by atoms with E-state index in [4.69, 9.17) is 14.7 Å². The van der Waals surface area contributed by atoms with E-state index in [1.54, 1.807) is 0 Å². The molecule has 0 aliphatic heterocycles. The van der Waals surface area contributed by atoms with Crippen LogP contribution in [0, 0.1) is 5.92 Å². The molecule has 1 unspecified atom stereocenters. The minimum Gasteiger partial charge on any atom is -0.400 e. The second kappa shape index (κ2) is 37.1. The summed E-state index contributed by atoms with van der Waals surface area (Å²) in [5.41, 5.74) is -0.0620. The number of nitrogens with zero attached hydrogens (tertiary/aromatic N) is 1. The zero-order valence-corrected chi connectivity index (χ0v) is 34.2. The number of hydroxylamine groups is 2. The van der Waals surface area contributed by atoms with Crippen molar-refractivity contribution >= 4 is 0 Å². The lowest BCUT2D eigenvalue weighted by Gasteiger charge is -2.32. The Labute approximate surface area is 298 Å². The largest absolute Gasteiger partial charge is 0.400 e. The monoisotopic (exact) mass is 670 g/mol. The van der Waals surface area contributed by atoms with Crippen molar-refractivity contribution in [2.75, 3.05) is 20.8 Å². The summed E-state index contributed by atoms with van der Waals surface area (Å²) in [6.07, 6.45) is 40.0. The fraction of sp³-hybridized carbons (Fsp3) is 1.00. The Balaban J connectivity index is 0. The molecule has 0 amide bonds. The van der Waals surface area contributed by atoms with Crippen LogP contribution >= 0.6 is 0 Å². The molecule has 47 heavy (non-hydrogen) atoms. The number of rotatable bonds is 36. The van der Waals surface area contributed by atoms with Gasteiger partial charge in [0.25, 0.3) is 0 Å². The van der Waals surface area contributed by atoms with Crippen LogP contribution in [0.1, 0.15) is 235 Å². The molecule has 1 N–H and O–H groups in total. The second-order valence-electron chi connectivity index (χ2n) is 15.8. The molecular weight excluding hydrogens is 578 g/mol. The lowest BCUT2D eigenvalue weighted by Crippen LogP contribution is -2.36. The molecule has 0 aliphatic carbocycles. The van der Waals surface area contributed by atoms with Crippen LogP contribution in [0.3, 0.4) is 0 Å². The van der Waals surface area contributed by atoms with Crippen molar-refractivity contribution in [1.29, 1.82) is 0 Å². The summed E-state index contributed by atoms with van der Waals surface area (Å²) in [4.78, 5) is 6.68. The Hall–Kier alpha value is -0.160. The average Bonchev–Trinajstić information content (AvgIpc) is 3.05. The van der Waals surface area contributed by atoms with Crippen LogP contribution in [0.2, 0.25) is 0 Å². The van der Waals surface area contributed by atoms with Crippen molar-refractivity contribution in [3.63, 3.8) is 0 Å². The first-order valence-electron chi connectivity index (χ1n) is 21.2. The van der Waals surface area contributed by atoms with Crippen LogP contribution in [0.25, 0.3) is 0 Å². The maximum absolute atomic E-state index is 7.00. The maximum atomic E-state index is 7.00. The smallest absolute Gasteiger partial charge is 0.0793 e. The van der Waals surface area contributed by atoms with Crippen molar-refractivity contribution in [2.45, 2.75) is 252 Å². The van der Waals surface area contributed by atoms with Gasteiger partial charge in [0.05, 0.1) is 11.7 Å². The van der Waals surface area contributed by atoms with Gasteiger partial charge in [-0.1, -0.05) is 182 Å². The molecule has 0 rings (SSSR count). The van der Waals surface area contributed by atoms with E-state index >= 15 is 0 Å². The highest BCUT2D eigenvalue weighted by molar-refractivity contribution is 4.72. The molecule has 0 radical (unpaired) electrons. The Morgan fingerprint density at radius 2 is 0.851 bits per heavy atom. The van der Waals surface area contributed by atoms with Crippen molar-refractivity contribution in [2.24, 2.45) is 5.92 Å². The minimum atomic E-state index is -0.0620. The fourth-order valence-corrected chi connectivity index (χ4v) is 6.40. The first-order chi connectivity index (χ1) is 22.7. The van der Waals surface area contributed by atoms with Gasteiger partial charge in [-0.05, 0) is 58.8 Å². The van der Waals surface area contributed by atoms with E-state index in [2.05, 4.69) is 60.6 Å². The molecule has 0 aromatic rings. The predicted octanol–water partition coefficient (Wildman–Crippen LogP) is 14.0. The molecule has 286 valence electrons. The lowest BCUT2D eigenvalue weighted by molar-refractivity contribution is -0.208. The highest BCUT2D eigenvalue weighted by Crippen LogP contribution is 2.23. The molecule has 0 aromatic carbocycles. The zero-order chi connectivity index (χ0) is 35.4. The minimum absolute atomic E-state index is 0.0620. The third kappa shape index (κ3) is 36.9. The van der Waals surface area contributed by atoms with Gasteiger partial charge in [-0.2, -0.15) is 5.06 Å². The fourth-order valence-electron chi connectivity index (χ4n) is 6.40. The van der Waals surface area contributed by atoms with Gasteiger partial charge in [-0.25, -0.2) is 0 Å². The first kappa shape index (κ1) is 49.0. The van der Waals surface area contributed by atoms with Crippen molar-refractivity contribution < 1.29 is 14.7 Å². The van der Waals surface area contributed by atoms with E-state index in [1.807, 2.05) is 0 Å². The standard InChI is InChI=1S/C42H87NO2.CH4O/c1-9-11-13-15-17-19-21-23-25-27-29-31-33-41(34-32-30-28-26-24-22-20-18-16-14-12-10-2)45-43(8)40(5)35-37-42(6,7)44-38-36-39(3)4;1-2/h39-41H,9-38H2,1-8H3;2H,1H3. The molecule has 0 aromatic heterocycles. The highest BCUT2D eigenvalue weighted by Gasteiger charge is 2.22. The highest BCUT2D eigenvalue weighted by atomic mass is 16.7. The molecule has 0 aliphatic rings. The Morgan fingerprint density at radius 3 is 1.19 bits per heavy atom. The van der Waals surface area contributed by atoms with Gasteiger partial charge < -0.3 is 9.84 Å². The van der Waals surface area contributed by atoms with Gasteiger partial charge in [0.1, 0.15) is 0 Å². The van der Waals surface area contributed by atoms with Gasteiger partial charge in [0.2, 0.25) is 0 Å². The zero-order valence-electron chi connectivity index (χ0n) is 34.2. The van der Waals surface area contributed by atoms with Crippen LogP contribution in [-0.4, -0.2) is 48.7 Å². The van der Waals surface area contributed by atoms with Gasteiger partial charge in [-0.15, -0.1) is 0 Å². The van der Waals surface area contributed by atoms with Crippen LogP contribution in [0.5, 0.6) is 0 Å². The summed E-state index contributed by atoms with van der Waals surface area (Å²) in [6, 6.07) is 0.407. The second-order valence-corrected chi connectivity index (χ2v) is 15.8. The number of hydrogen-bond acceptors (Lipinski definition) is 4. The summed E-state index contributed by atoms with van der Waals surface area (Å²) in [7, 11) is 3.18. The summed E-state index contributed by atoms with van der Waals surface area (Å²) >= 11 is 0. The molecule has 0 saturated heterocycles. The summed E-state index contributed by atoms with van der Waals surface area (Å²) in [5.74, 6) is 0.700. The van der Waals surface area contributed by atoms with Gasteiger partial charge in [0, 0.05) is 26.8 Å². The van der Waals surface area contributed by atoms with E-state index < -0.39 is 0 Å². The normalized spacial score (nSPS) is 12.7. The van der Waals surface area contributed by atoms with Gasteiger partial charge in [0.15, 0.2) is 0 Å². The average molecular weight is 670 g/mol. The van der Waals surface area contributed by atoms with Gasteiger partial charge >= 0.3 is 0 Å². The van der Waals surface area contributed by atoms with Crippen molar-refractivity contribution in [1.82, 2.24) is 5.06 Å². The maximum Gasteiger partial charge on any atom is 0.0793 e. The van der Waals surface area contributed by atoms with E-state index in [0.717, 1.165) is 33.0 Å². The molecule has 0 bridgehead atoms. The quantitative estimate of drug-likeness (QED) is 0.0532. The third-order valence-corrected chi connectivity index (χ3v) is 10.0. The van der Waals surface area contributed by atoms with Crippen LogP contribution < -0.4 is 0 Å². The third-order valence-electron chi connectivity index (χ3n) is 10.0. The Bertz CT molecular complexity index is 553. The number of aliphatic hydroxyl groups is 1. The van der Waals surface area contributed by atoms with Crippen molar-refractivity contribution in [3.8, 4) is 0 Å². The van der Waals surface area contributed by atoms with Crippen LogP contribution in [0.4, 0.5) is 0 Å². The predicted molar refractivity (Wildman–Crippen MR) is 210 cm³/mol. The molecule has 0 spiro atoms. The number of ether oxygens (including phenoxy) is 1. The molecule has 0 saturated carbocycles. The van der Waals surface area contributed by atoms with Gasteiger partial charge in [-0.3, -0.25) is 4.84 Å². The summed E-state index contributed by atoms with van der Waals surface area (Å²) < 4.78 is 6.25. The SMILES string of the molecule is CCCCCCCCCCCCCCC(CCCCCCCCCCCCCC)ON(C)C(C)CCC(C)(C)OCCC(C)C.CO. The van der Waals surface area contributed by atoms with Crippen molar-refractivity contribution in [3.05, 3.63) is 0 Å². The van der Waals surface area contributed by atoms with E-state index in [1.165, 1.54) is 167 Å². The topological polar surface area (TPSA) is 41.9 Å². The van der Waals surface area contributed by atoms with Crippen LogP contribution in [0.15, 0.2) is 0 Å². The summed E-state index contributed by atoms with van der Waals surface area (Å²) in [6.45, 7) is 16.9.